The van der Waals surface area contributed by atoms with Crippen molar-refractivity contribution < 1.29 is 4.42 Å². The van der Waals surface area contributed by atoms with Crippen LogP contribution in [0.2, 0.25) is 0 Å². The molecular formula is C16H20N4O. The Balaban J connectivity index is 1.39. The first-order chi connectivity index (χ1) is 10.4. The van der Waals surface area contributed by atoms with E-state index >= 15 is 0 Å². The number of nitrogens with one attached hydrogen (secondary N) is 1. The van der Waals surface area contributed by atoms with Crippen molar-refractivity contribution in [2.24, 2.45) is 0 Å². The van der Waals surface area contributed by atoms with Crippen molar-refractivity contribution in [3.05, 3.63) is 41.7 Å². The van der Waals surface area contributed by atoms with Gasteiger partial charge in [-0.1, -0.05) is 0 Å². The molecule has 110 valence electrons. The monoisotopic (exact) mass is 284 g/mol. The number of anilines is 1. The zero-order valence-electron chi connectivity index (χ0n) is 12.1. The van der Waals surface area contributed by atoms with Gasteiger partial charge in [0.05, 0.1) is 12.8 Å². The van der Waals surface area contributed by atoms with Crippen LogP contribution in [0.5, 0.6) is 0 Å². The Bertz CT molecular complexity index is 611. The third-order valence-electron chi connectivity index (χ3n) is 4.45. The summed E-state index contributed by atoms with van der Waals surface area (Å²) in [6, 6.07) is 4.46. The summed E-state index contributed by atoms with van der Waals surface area (Å²) in [5.74, 6) is 2.10. The van der Waals surface area contributed by atoms with Crippen LogP contribution in [0, 0.1) is 0 Å². The number of hydrogen-bond acceptors (Lipinski definition) is 5. The van der Waals surface area contributed by atoms with Gasteiger partial charge < -0.3 is 9.73 Å². The minimum atomic E-state index is 0.472. The zero-order chi connectivity index (χ0) is 14.1. The van der Waals surface area contributed by atoms with Crippen molar-refractivity contribution in [1.29, 1.82) is 0 Å². The second kappa shape index (κ2) is 5.48. The first kappa shape index (κ1) is 12.8. The molecule has 1 N–H and O–H groups in total. The summed E-state index contributed by atoms with van der Waals surface area (Å²) in [5, 5.41) is 3.63. The van der Waals surface area contributed by atoms with E-state index in [9.17, 15) is 0 Å². The Labute approximate surface area is 124 Å². The maximum Gasteiger partial charge on any atom is 0.133 e. The lowest BCUT2D eigenvalue weighted by Crippen LogP contribution is -2.26. The van der Waals surface area contributed by atoms with Crippen LogP contribution >= 0.6 is 0 Å². The molecule has 1 atom stereocenters. The Kier molecular flexibility index (Phi) is 3.35. The first-order valence-corrected chi connectivity index (χ1v) is 7.72. The van der Waals surface area contributed by atoms with Gasteiger partial charge in [-0.05, 0) is 37.8 Å². The molecule has 0 unspecified atom stereocenters. The standard InChI is InChI=1S/C16H20N4O/c1-4-14-15(5-1)17-11-18-16(14)19-12-6-7-20(9-12)10-13-3-2-8-21-13/h2-3,8,11-12H,1,4-7,9-10H2,(H,17,18,19)/t12-/m0/s1. The Hall–Kier alpha value is -1.88. The lowest BCUT2D eigenvalue weighted by molar-refractivity contribution is 0.295. The average Bonchev–Trinajstić information content (AvgIpc) is 3.21. The topological polar surface area (TPSA) is 54.2 Å². The quantitative estimate of drug-likeness (QED) is 0.933. The SMILES string of the molecule is c1coc(CN2CC[C@H](Nc3ncnc4c3CCC4)C2)c1. The third-order valence-corrected chi connectivity index (χ3v) is 4.45. The number of rotatable bonds is 4. The van der Waals surface area contributed by atoms with Crippen molar-refractivity contribution in [2.75, 3.05) is 18.4 Å². The van der Waals surface area contributed by atoms with Crippen LogP contribution < -0.4 is 5.32 Å². The lowest BCUT2D eigenvalue weighted by atomic mass is 10.2. The van der Waals surface area contributed by atoms with E-state index in [2.05, 4.69) is 20.2 Å². The van der Waals surface area contributed by atoms with Crippen LogP contribution in [0.15, 0.2) is 29.1 Å². The Morgan fingerprint density at radius 2 is 2.33 bits per heavy atom. The number of nitrogens with zero attached hydrogens (tertiary/aromatic N) is 3. The van der Waals surface area contributed by atoms with Crippen LogP contribution in [0.4, 0.5) is 5.82 Å². The largest absolute Gasteiger partial charge is 0.468 e. The molecule has 4 rings (SSSR count). The maximum absolute atomic E-state index is 5.43. The molecule has 1 fully saturated rings. The fourth-order valence-electron chi connectivity index (χ4n) is 3.39. The van der Waals surface area contributed by atoms with Crippen LogP contribution in [0.1, 0.15) is 29.9 Å². The highest BCUT2D eigenvalue weighted by atomic mass is 16.3. The fraction of sp³-hybridized carbons (Fsp3) is 0.500. The first-order valence-electron chi connectivity index (χ1n) is 7.72. The number of fused-ring (bicyclic) bond motifs is 1. The van der Waals surface area contributed by atoms with Gasteiger partial charge >= 0.3 is 0 Å². The van der Waals surface area contributed by atoms with E-state index in [0.717, 1.165) is 50.5 Å². The third kappa shape index (κ3) is 2.65. The van der Waals surface area contributed by atoms with E-state index in [1.54, 1.807) is 12.6 Å². The van der Waals surface area contributed by atoms with Gasteiger partial charge in [0.1, 0.15) is 17.9 Å². The fourth-order valence-corrected chi connectivity index (χ4v) is 3.39. The van der Waals surface area contributed by atoms with Gasteiger partial charge in [-0.3, -0.25) is 4.90 Å². The minimum absolute atomic E-state index is 0.472. The summed E-state index contributed by atoms with van der Waals surface area (Å²) in [7, 11) is 0. The predicted molar refractivity (Wildman–Crippen MR) is 80.1 cm³/mol. The minimum Gasteiger partial charge on any atom is -0.468 e. The number of furan rings is 1. The molecule has 3 heterocycles. The molecule has 1 saturated heterocycles. The van der Waals surface area contributed by atoms with Crippen molar-refractivity contribution in [3.63, 3.8) is 0 Å². The summed E-state index contributed by atoms with van der Waals surface area (Å²) in [4.78, 5) is 11.3. The van der Waals surface area contributed by atoms with Gasteiger partial charge in [0.25, 0.3) is 0 Å². The van der Waals surface area contributed by atoms with E-state index in [1.165, 1.54) is 17.7 Å². The molecule has 2 aromatic heterocycles. The van der Waals surface area contributed by atoms with E-state index in [-0.39, 0.29) is 0 Å². The van der Waals surface area contributed by atoms with Crippen LogP contribution in [-0.2, 0) is 19.4 Å². The Morgan fingerprint density at radius 1 is 1.33 bits per heavy atom. The highest BCUT2D eigenvalue weighted by molar-refractivity contribution is 5.48. The summed E-state index contributed by atoms with van der Waals surface area (Å²) in [6.45, 7) is 3.04. The van der Waals surface area contributed by atoms with Crippen LogP contribution in [-0.4, -0.2) is 34.0 Å². The molecule has 5 nitrogen and oxygen atoms in total. The van der Waals surface area contributed by atoms with Crippen LogP contribution in [0.25, 0.3) is 0 Å². The highest BCUT2D eigenvalue weighted by Gasteiger charge is 2.25. The second-order valence-electron chi connectivity index (χ2n) is 5.95. The summed E-state index contributed by atoms with van der Waals surface area (Å²) < 4.78 is 5.43. The van der Waals surface area contributed by atoms with Gasteiger partial charge in [-0.25, -0.2) is 9.97 Å². The molecule has 2 aromatic rings. The van der Waals surface area contributed by atoms with Gasteiger partial charge in [0.15, 0.2) is 0 Å². The number of aromatic nitrogens is 2. The average molecular weight is 284 g/mol. The number of hydrogen-bond donors (Lipinski definition) is 1. The Morgan fingerprint density at radius 3 is 3.24 bits per heavy atom. The molecule has 0 spiro atoms. The molecular weight excluding hydrogens is 264 g/mol. The molecule has 5 heteroatoms. The second-order valence-corrected chi connectivity index (χ2v) is 5.95. The van der Waals surface area contributed by atoms with E-state index in [1.807, 2.05) is 12.1 Å². The van der Waals surface area contributed by atoms with Crippen molar-refractivity contribution >= 4 is 5.82 Å². The maximum atomic E-state index is 5.43. The van der Waals surface area contributed by atoms with Gasteiger partial charge in [-0.15, -0.1) is 0 Å². The summed E-state index contributed by atoms with van der Waals surface area (Å²) >= 11 is 0. The van der Waals surface area contributed by atoms with Crippen molar-refractivity contribution in [1.82, 2.24) is 14.9 Å². The van der Waals surface area contributed by atoms with E-state index in [0.29, 0.717) is 6.04 Å². The van der Waals surface area contributed by atoms with E-state index < -0.39 is 0 Å². The van der Waals surface area contributed by atoms with Crippen LogP contribution in [0.3, 0.4) is 0 Å². The molecule has 0 amide bonds. The van der Waals surface area contributed by atoms with Crippen molar-refractivity contribution in [2.45, 2.75) is 38.3 Å². The zero-order valence-corrected chi connectivity index (χ0v) is 12.1. The van der Waals surface area contributed by atoms with E-state index in [4.69, 9.17) is 4.42 Å². The molecule has 1 aliphatic heterocycles. The molecule has 0 radical (unpaired) electrons. The number of aryl methyl sites for hydroxylation is 1. The smallest absolute Gasteiger partial charge is 0.133 e. The lowest BCUT2D eigenvalue weighted by Gasteiger charge is -2.17. The number of likely N-dealkylation sites (tertiary alicyclic amines) is 1. The molecule has 0 aromatic carbocycles. The predicted octanol–water partition coefficient (Wildman–Crippen LogP) is 2.24. The summed E-state index contributed by atoms with van der Waals surface area (Å²) in [6.07, 6.45) is 8.01. The van der Waals surface area contributed by atoms with Crippen molar-refractivity contribution in [3.8, 4) is 0 Å². The normalized spacial score (nSPS) is 21.6. The van der Waals surface area contributed by atoms with Gasteiger partial charge in [-0.2, -0.15) is 0 Å². The molecule has 21 heavy (non-hydrogen) atoms. The molecule has 2 aliphatic rings. The molecule has 1 aliphatic carbocycles. The van der Waals surface area contributed by atoms with Gasteiger partial charge in [0, 0.05) is 30.4 Å². The van der Waals surface area contributed by atoms with Gasteiger partial charge in [0.2, 0.25) is 0 Å². The highest BCUT2D eigenvalue weighted by Crippen LogP contribution is 2.26. The summed E-state index contributed by atoms with van der Waals surface area (Å²) in [5.41, 5.74) is 2.57. The molecule has 0 bridgehead atoms. The molecule has 0 saturated carbocycles.